The van der Waals surface area contributed by atoms with Crippen molar-refractivity contribution in [3.8, 4) is 17.2 Å². The minimum atomic E-state index is -0.999. The lowest BCUT2D eigenvalue weighted by molar-refractivity contribution is -0.148. The summed E-state index contributed by atoms with van der Waals surface area (Å²) in [6.07, 6.45) is 1.54. The van der Waals surface area contributed by atoms with Crippen molar-refractivity contribution >= 4 is 35.0 Å². The lowest BCUT2D eigenvalue weighted by Gasteiger charge is -2.18. The molecule has 0 saturated carbocycles. The van der Waals surface area contributed by atoms with Gasteiger partial charge in [0.15, 0.2) is 11.5 Å². The number of rotatable bonds is 5. The number of esters is 1. The Labute approximate surface area is 154 Å². The van der Waals surface area contributed by atoms with Crippen molar-refractivity contribution in [3.05, 3.63) is 22.6 Å². The molecule has 1 aromatic carbocycles. The van der Waals surface area contributed by atoms with E-state index in [1.165, 1.54) is 14.0 Å². The van der Waals surface area contributed by atoms with Crippen molar-refractivity contribution in [2.45, 2.75) is 19.9 Å². The Bertz CT molecular complexity index is 805. The number of fused-ring (bicyclic) bond motifs is 1. The lowest BCUT2D eigenvalue weighted by Crippen LogP contribution is -2.42. The second-order valence-electron chi connectivity index (χ2n) is 5.43. The number of benzene rings is 1. The minimum Gasteiger partial charge on any atom is -0.493 e. The second-order valence-corrected chi connectivity index (χ2v) is 6.42. The fourth-order valence-corrected chi connectivity index (χ4v) is 3.46. The highest BCUT2D eigenvalue weighted by atomic mass is 32.2. The summed E-state index contributed by atoms with van der Waals surface area (Å²) in [7, 11) is 1.20. The highest BCUT2D eigenvalue weighted by molar-refractivity contribution is 8.18. The maximum atomic E-state index is 12.6. The Balaban J connectivity index is 1.94. The molecule has 1 aromatic rings. The summed E-state index contributed by atoms with van der Waals surface area (Å²) in [6, 6.07) is 2.37. The van der Waals surface area contributed by atoms with Crippen LogP contribution in [-0.4, -0.2) is 48.6 Å². The predicted octanol–water partition coefficient (Wildman–Crippen LogP) is 2.41. The number of thioether (sulfide) groups is 1. The van der Waals surface area contributed by atoms with Crippen LogP contribution in [0.3, 0.4) is 0 Å². The minimum absolute atomic E-state index is 0.109. The molecule has 2 aliphatic rings. The SMILES string of the molecule is CCOc1cc2c(cc1C=C1SC(=O)N(C(C)C(=O)OC)C1=O)OCO2. The van der Waals surface area contributed by atoms with Gasteiger partial charge in [0.25, 0.3) is 11.1 Å². The quantitative estimate of drug-likeness (QED) is 0.569. The van der Waals surface area contributed by atoms with Crippen LogP contribution in [0.5, 0.6) is 17.2 Å². The van der Waals surface area contributed by atoms with Crippen LogP contribution < -0.4 is 14.2 Å². The molecule has 26 heavy (non-hydrogen) atoms. The van der Waals surface area contributed by atoms with Crippen molar-refractivity contribution in [3.63, 3.8) is 0 Å². The molecule has 0 spiro atoms. The van der Waals surface area contributed by atoms with E-state index in [2.05, 4.69) is 4.74 Å². The number of hydrogen-bond donors (Lipinski definition) is 0. The standard InChI is InChI=1S/C17H17NO7S/c1-4-23-11-7-13-12(24-8-25-13)5-10(11)6-14-15(19)18(17(21)26-14)9(2)16(20)22-3/h5-7,9H,4,8H2,1-3H3. The summed E-state index contributed by atoms with van der Waals surface area (Å²) in [5.74, 6) is 0.370. The summed E-state index contributed by atoms with van der Waals surface area (Å²) in [5, 5.41) is -0.530. The molecule has 0 radical (unpaired) electrons. The largest absolute Gasteiger partial charge is 0.493 e. The number of carbonyl (C=O) groups is 3. The maximum Gasteiger partial charge on any atom is 0.328 e. The van der Waals surface area contributed by atoms with Crippen molar-refractivity contribution < 1.29 is 33.3 Å². The molecule has 0 aromatic heterocycles. The van der Waals surface area contributed by atoms with Crippen molar-refractivity contribution in [1.82, 2.24) is 4.90 Å². The van der Waals surface area contributed by atoms with E-state index in [1.807, 2.05) is 6.92 Å². The topological polar surface area (TPSA) is 91.4 Å². The molecular formula is C17H17NO7S. The number of hydrogen-bond acceptors (Lipinski definition) is 8. The van der Waals surface area contributed by atoms with Gasteiger partial charge < -0.3 is 18.9 Å². The van der Waals surface area contributed by atoms with Gasteiger partial charge in [-0.1, -0.05) is 0 Å². The van der Waals surface area contributed by atoms with Crippen molar-refractivity contribution in [2.75, 3.05) is 20.5 Å². The van der Waals surface area contributed by atoms with Crippen molar-refractivity contribution in [1.29, 1.82) is 0 Å². The lowest BCUT2D eigenvalue weighted by atomic mass is 10.1. The van der Waals surface area contributed by atoms with Crippen LogP contribution in [0.4, 0.5) is 4.79 Å². The monoisotopic (exact) mass is 379 g/mol. The molecule has 3 rings (SSSR count). The van der Waals surface area contributed by atoms with Crippen LogP contribution in [0.25, 0.3) is 6.08 Å². The van der Waals surface area contributed by atoms with Crippen LogP contribution in [0.1, 0.15) is 19.4 Å². The van der Waals surface area contributed by atoms with Gasteiger partial charge in [-0.15, -0.1) is 0 Å². The Kier molecular flexibility index (Phi) is 5.08. The van der Waals surface area contributed by atoms with Gasteiger partial charge in [0.2, 0.25) is 6.79 Å². The van der Waals surface area contributed by atoms with Crippen LogP contribution in [-0.2, 0) is 14.3 Å². The summed E-state index contributed by atoms with van der Waals surface area (Å²) in [4.78, 5) is 37.5. The fraction of sp³-hybridized carbons (Fsp3) is 0.353. The molecule has 138 valence electrons. The summed E-state index contributed by atoms with van der Waals surface area (Å²) >= 11 is 0.756. The zero-order valence-corrected chi connectivity index (χ0v) is 15.3. The van der Waals surface area contributed by atoms with Crippen LogP contribution in [0, 0.1) is 0 Å². The van der Waals surface area contributed by atoms with Gasteiger partial charge in [0, 0.05) is 11.6 Å². The van der Waals surface area contributed by atoms with Gasteiger partial charge in [-0.3, -0.25) is 14.5 Å². The zero-order valence-electron chi connectivity index (χ0n) is 14.4. The van der Waals surface area contributed by atoms with Crippen LogP contribution in [0.15, 0.2) is 17.0 Å². The number of amides is 2. The summed E-state index contributed by atoms with van der Waals surface area (Å²) in [6.45, 7) is 3.80. The Morgan fingerprint density at radius 2 is 2.04 bits per heavy atom. The number of imide groups is 1. The van der Waals surface area contributed by atoms with E-state index < -0.39 is 23.2 Å². The van der Waals surface area contributed by atoms with E-state index in [4.69, 9.17) is 14.2 Å². The summed E-state index contributed by atoms with van der Waals surface area (Å²) < 4.78 is 20.9. The second kappa shape index (κ2) is 7.28. The maximum absolute atomic E-state index is 12.6. The van der Waals surface area contributed by atoms with Gasteiger partial charge in [-0.05, 0) is 37.8 Å². The third-order valence-corrected chi connectivity index (χ3v) is 4.73. The molecule has 1 fully saturated rings. The first-order chi connectivity index (χ1) is 12.5. The van der Waals surface area contributed by atoms with E-state index in [0.717, 1.165) is 16.7 Å². The molecule has 2 aliphatic heterocycles. The number of methoxy groups -OCH3 is 1. The molecule has 1 atom stereocenters. The van der Waals surface area contributed by atoms with Gasteiger partial charge in [0.05, 0.1) is 18.6 Å². The molecule has 0 bridgehead atoms. The molecule has 1 unspecified atom stereocenters. The molecule has 2 heterocycles. The number of nitrogens with zero attached hydrogens (tertiary/aromatic N) is 1. The van der Waals surface area contributed by atoms with E-state index in [-0.39, 0.29) is 11.7 Å². The molecular weight excluding hydrogens is 362 g/mol. The van der Waals surface area contributed by atoms with E-state index in [0.29, 0.717) is 29.4 Å². The van der Waals surface area contributed by atoms with Crippen molar-refractivity contribution in [2.24, 2.45) is 0 Å². The van der Waals surface area contributed by atoms with E-state index in [1.54, 1.807) is 18.2 Å². The smallest absolute Gasteiger partial charge is 0.328 e. The third-order valence-electron chi connectivity index (χ3n) is 3.84. The molecule has 0 aliphatic carbocycles. The molecule has 1 saturated heterocycles. The summed E-state index contributed by atoms with van der Waals surface area (Å²) in [5.41, 5.74) is 0.576. The first-order valence-corrected chi connectivity index (χ1v) is 8.69. The zero-order chi connectivity index (χ0) is 18.8. The third kappa shape index (κ3) is 3.22. The molecule has 2 amide bonds. The van der Waals surface area contributed by atoms with Gasteiger partial charge >= 0.3 is 5.97 Å². The average Bonchev–Trinajstić information content (AvgIpc) is 3.18. The average molecular weight is 379 g/mol. The van der Waals surface area contributed by atoms with Gasteiger partial charge in [-0.25, -0.2) is 4.79 Å². The normalized spacial score (nSPS) is 18.4. The van der Waals surface area contributed by atoms with Gasteiger partial charge in [0.1, 0.15) is 11.8 Å². The predicted molar refractivity (Wildman–Crippen MR) is 93.0 cm³/mol. The van der Waals surface area contributed by atoms with Crippen LogP contribution in [0.2, 0.25) is 0 Å². The van der Waals surface area contributed by atoms with Crippen LogP contribution >= 0.6 is 11.8 Å². The molecule has 8 nitrogen and oxygen atoms in total. The first kappa shape index (κ1) is 18.1. The number of carbonyl (C=O) groups excluding carboxylic acids is 3. The van der Waals surface area contributed by atoms with Gasteiger partial charge in [-0.2, -0.15) is 0 Å². The highest BCUT2D eigenvalue weighted by Crippen LogP contribution is 2.41. The van der Waals surface area contributed by atoms with E-state index >= 15 is 0 Å². The Morgan fingerprint density at radius 3 is 2.69 bits per heavy atom. The van der Waals surface area contributed by atoms with E-state index in [9.17, 15) is 14.4 Å². The number of ether oxygens (including phenoxy) is 4. The first-order valence-electron chi connectivity index (χ1n) is 7.87. The fourth-order valence-electron chi connectivity index (χ4n) is 2.56. The Hall–Kier alpha value is -2.68. The molecule has 9 heteroatoms. The Morgan fingerprint density at radius 1 is 1.35 bits per heavy atom. The molecule has 0 N–H and O–H groups in total. The highest BCUT2D eigenvalue weighted by Gasteiger charge is 2.41.